The summed E-state index contributed by atoms with van der Waals surface area (Å²) in [5.74, 6) is 0.661. The highest BCUT2D eigenvalue weighted by Crippen LogP contribution is 1.97. The molecule has 0 bridgehead atoms. The molecule has 0 aromatic carbocycles. The number of alkyl halides is 1. The van der Waals surface area contributed by atoms with Crippen molar-refractivity contribution < 1.29 is 0 Å². The summed E-state index contributed by atoms with van der Waals surface area (Å²) in [5, 5.41) is 0. The van der Waals surface area contributed by atoms with Gasteiger partial charge >= 0.3 is 0 Å². The van der Waals surface area contributed by atoms with Crippen molar-refractivity contribution in [3.05, 3.63) is 36.7 Å². The summed E-state index contributed by atoms with van der Waals surface area (Å²) in [5.41, 5.74) is 0. The minimum atomic E-state index is 0. The van der Waals surface area contributed by atoms with E-state index in [0.717, 1.165) is 6.54 Å². The van der Waals surface area contributed by atoms with Crippen LogP contribution in [-0.4, -0.2) is 17.3 Å². The van der Waals surface area contributed by atoms with Crippen molar-refractivity contribution in [2.45, 2.75) is 0 Å². The van der Waals surface area contributed by atoms with Crippen LogP contribution in [0.3, 0.4) is 0 Å². The molecular weight excluding hydrogens is 181 g/mol. The van der Waals surface area contributed by atoms with Crippen LogP contribution in [0.1, 0.15) is 0 Å². The summed E-state index contributed by atoms with van der Waals surface area (Å²) in [7, 11) is 0. The smallest absolute Gasteiger partial charge is 0.0403 e. The number of halogens is 2. The Hall–Kier alpha value is -0.400. The van der Waals surface area contributed by atoms with E-state index in [1.807, 2.05) is 41.6 Å². The SMILES string of the molecule is Cl.ClCCN1C=CC=CC=C1. The monoisotopic (exact) mass is 191 g/mol. The van der Waals surface area contributed by atoms with Crippen molar-refractivity contribution in [2.24, 2.45) is 0 Å². The molecule has 3 heteroatoms. The Bertz CT molecular complexity index is 157. The zero-order chi connectivity index (χ0) is 7.23. The number of hydrogen-bond donors (Lipinski definition) is 0. The van der Waals surface area contributed by atoms with E-state index in [4.69, 9.17) is 11.6 Å². The normalized spacial score (nSPS) is 14.5. The van der Waals surface area contributed by atoms with Gasteiger partial charge in [-0.25, -0.2) is 0 Å². The quantitative estimate of drug-likeness (QED) is 0.607. The second-order valence-corrected chi connectivity index (χ2v) is 2.37. The average Bonchev–Trinajstić information content (AvgIpc) is 2.17. The zero-order valence-corrected chi connectivity index (χ0v) is 7.68. The van der Waals surface area contributed by atoms with Crippen LogP contribution < -0.4 is 0 Å². The molecule has 0 aromatic heterocycles. The Kier molecular flexibility index (Phi) is 6.09. The van der Waals surface area contributed by atoms with E-state index in [0.29, 0.717) is 5.88 Å². The van der Waals surface area contributed by atoms with Crippen molar-refractivity contribution >= 4 is 24.0 Å². The summed E-state index contributed by atoms with van der Waals surface area (Å²) in [6.45, 7) is 0.871. The lowest BCUT2D eigenvalue weighted by atomic mass is 10.5. The molecule has 0 spiro atoms. The molecule has 1 nitrogen and oxygen atoms in total. The van der Waals surface area contributed by atoms with Crippen LogP contribution in [0.25, 0.3) is 0 Å². The van der Waals surface area contributed by atoms with Crippen molar-refractivity contribution in [1.82, 2.24) is 4.90 Å². The Morgan fingerprint density at radius 1 is 1.00 bits per heavy atom. The Balaban J connectivity index is 0.000001000. The van der Waals surface area contributed by atoms with E-state index < -0.39 is 0 Å². The Morgan fingerprint density at radius 2 is 1.55 bits per heavy atom. The van der Waals surface area contributed by atoms with Crippen molar-refractivity contribution in [3.63, 3.8) is 0 Å². The Morgan fingerprint density at radius 3 is 2.00 bits per heavy atom. The van der Waals surface area contributed by atoms with E-state index in [1.165, 1.54) is 0 Å². The van der Waals surface area contributed by atoms with Gasteiger partial charge in [0.1, 0.15) is 0 Å². The third-order valence-corrected chi connectivity index (χ3v) is 1.40. The largest absolute Gasteiger partial charge is 0.353 e. The highest BCUT2D eigenvalue weighted by atomic mass is 35.5. The molecule has 62 valence electrons. The van der Waals surface area contributed by atoms with Gasteiger partial charge in [0.2, 0.25) is 0 Å². The van der Waals surface area contributed by atoms with Gasteiger partial charge in [0.05, 0.1) is 0 Å². The molecule has 0 fully saturated rings. The van der Waals surface area contributed by atoms with E-state index in [2.05, 4.69) is 0 Å². The lowest BCUT2D eigenvalue weighted by molar-refractivity contribution is 0.541. The molecule has 0 saturated carbocycles. The molecule has 0 aromatic rings. The molecule has 1 heterocycles. The summed E-state index contributed by atoms with van der Waals surface area (Å²) in [6, 6.07) is 0. The lowest BCUT2D eigenvalue weighted by Crippen LogP contribution is -2.11. The fourth-order valence-corrected chi connectivity index (χ4v) is 0.940. The molecule has 0 unspecified atom stereocenters. The van der Waals surface area contributed by atoms with Gasteiger partial charge in [-0.1, -0.05) is 12.2 Å². The van der Waals surface area contributed by atoms with Crippen LogP contribution in [0.4, 0.5) is 0 Å². The molecule has 0 radical (unpaired) electrons. The molecule has 0 N–H and O–H groups in total. The number of nitrogens with zero attached hydrogens (tertiary/aromatic N) is 1. The van der Waals surface area contributed by atoms with Crippen molar-refractivity contribution in [1.29, 1.82) is 0 Å². The second-order valence-electron chi connectivity index (χ2n) is 1.99. The predicted molar refractivity (Wildman–Crippen MR) is 52.1 cm³/mol. The summed E-state index contributed by atoms with van der Waals surface area (Å²) in [4.78, 5) is 2.05. The molecule has 1 rings (SSSR count). The van der Waals surface area contributed by atoms with Crippen molar-refractivity contribution in [3.8, 4) is 0 Å². The molecule has 0 amide bonds. The lowest BCUT2D eigenvalue weighted by Gasteiger charge is -2.11. The standard InChI is InChI=1S/C8H10ClN.ClH/c9-5-8-10-6-3-1-2-4-7-10;/h1-4,6-7H,5,8H2;1H. The maximum atomic E-state index is 5.56. The van der Waals surface area contributed by atoms with E-state index in [-0.39, 0.29) is 12.4 Å². The van der Waals surface area contributed by atoms with Crippen molar-refractivity contribution in [2.75, 3.05) is 12.4 Å². The summed E-state index contributed by atoms with van der Waals surface area (Å²) < 4.78 is 0. The van der Waals surface area contributed by atoms with Gasteiger partial charge in [-0.2, -0.15) is 0 Å². The van der Waals surface area contributed by atoms with Crippen LogP contribution in [0, 0.1) is 0 Å². The fourth-order valence-electron chi connectivity index (χ4n) is 0.745. The van der Waals surface area contributed by atoms with Crippen LogP contribution >= 0.6 is 24.0 Å². The minimum Gasteiger partial charge on any atom is -0.353 e. The van der Waals surface area contributed by atoms with Crippen LogP contribution in [0.5, 0.6) is 0 Å². The van der Waals surface area contributed by atoms with Gasteiger partial charge in [0, 0.05) is 24.8 Å². The van der Waals surface area contributed by atoms with Crippen LogP contribution in [0.15, 0.2) is 36.7 Å². The second kappa shape index (κ2) is 6.32. The first kappa shape index (κ1) is 10.6. The van der Waals surface area contributed by atoms with Crippen LogP contribution in [-0.2, 0) is 0 Å². The first-order valence-electron chi connectivity index (χ1n) is 3.27. The third kappa shape index (κ3) is 4.12. The van der Waals surface area contributed by atoms with Gasteiger partial charge in [-0.3, -0.25) is 0 Å². The topological polar surface area (TPSA) is 3.24 Å². The zero-order valence-electron chi connectivity index (χ0n) is 6.11. The van der Waals surface area contributed by atoms with E-state index in [9.17, 15) is 0 Å². The van der Waals surface area contributed by atoms with Gasteiger partial charge in [-0.05, 0) is 12.2 Å². The molecule has 1 aliphatic heterocycles. The van der Waals surface area contributed by atoms with Gasteiger partial charge in [-0.15, -0.1) is 24.0 Å². The van der Waals surface area contributed by atoms with Crippen LogP contribution in [0.2, 0.25) is 0 Å². The minimum absolute atomic E-state index is 0. The molecule has 0 saturated heterocycles. The first-order chi connectivity index (χ1) is 4.93. The number of hydrogen-bond acceptors (Lipinski definition) is 1. The summed E-state index contributed by atoms with van der Waals surface area (Å²) >= 11 is 5.56. The predicted octanol–water partition coefficient (Wildman–Crippen LogP) is 2.55. The number of rotatable bonds is 2. The maximum Gasteiger partial charge on any atom is 0.0403 e. The van der Waals surface area contributed by atoms with Gasteiger partial charge < -0.3 is 4.90 Å². The fraction of sp³-hybridized carbons (Fsp3) is 0.250. The number of allylic oxidation sites excluding steroid dienone is 4. The van der Waals surface area contributed by atoms with Gasteiger partial charge in [0.15, 0.2) is 0 Å². The third-order valence-electron chi connectivity index (χ3n) is 1.23. The molecule has 0 atom stereocenters. The average molecular weight is 192 g/mol. The highest BCUT2D eigenvalue weighted by molar-refractivity contribution is 6.18. The molecule has 11 heavy (non-hydrogen) atoms. The van der Waals surface area contributed by atoms with E-state index in [1.54, 1.807) is 0 Å². The molecular formula is C8H11Cl2N. The first-order valence-corrected chi connectivity index (χ1v) is 3.80. The highest BCUT2D eigenvalue weighted by Gasteiger charge is 1.91. The molecule has 1 aliphatic rings. The summed E-state index contributed by atoms with van der Waals surface area (Å²) in [6.07, 6.45) is 12.0. The maximum absolute atomic E-state index is 5.56. The van der Waals surface area contributed by atoms with E-state index >= 15 is 0 Å². The Labute approximate surface area is 78.4 Å². The molecule has 0 aliphatic carbocycles. The van der Waals surface area contributed by atoms with Gasteiger partial charge in [0.25, 0.3) is 0 Å².